The van der Waals surface area contributed by atoms with Gasteiger partial charge in [0, 0.05) is 44.8 Å². The number of hydrogen-bond donors (Lipinski definition) is 2. The fourth-order valence-corrected chi connectivity index (χ4v) is 4.23. The monoisotopic (exact) mass is 453 g/mol. The SMILES string of the molecule is COc1cc(C(=O)NCCCN2CCN(CCCN(C)Cc3ccccc3)CC2)ccc1N. The summed E-state index contributed by atoms with van der Waals surface area (Å²) in [5, 5.41) is 3.00. The number of rotatable bonds is 12. The van der Waals surface area contributed by atoms with Gasteiger partial charge in [-0.1, -0.05) is 30.3 Å². The highest BCUT2D eigenvalue weighted by Gasteiger charge is 2.16. The minimum Gasteiger partial charge on any atom is -0.495 e. The van der Waals surface area contributed by atoms with Crippen molar-refractivity contribution in [3.05, 3.63) is 59.7 Å². The molecule has 0 spiro atoms. The molecule has 7 nitrogen and oxygen atoms in total. The van der Waals surface area contributed by atoms with E-state index in [0.29, 0.717) is 23.5 Å². The van der Waals surface area contributed by atoms with Gasteiger partial charge >= 0.3 is 0 Å². The van der Waals surface area contributed by atoms with Gasteiger partial charge in [-0.2, -0.15) is 0 Å². The number of ether oxygens (including phenoxy) is 1. The molecule has 180 valence electrons. The third kappa shape index (κ3) is 8.35. The molecule has 33 heavy (non-hydrogen) atoms. The number of piperazine rings is 1. The largest absolute Gasteiger partial charge is 0.495 e. The van der Waals surface area contributed by atoms with Gasteiger partial charge in [0.25, 0.3) is 5.91 Å². The lowest BCUT2D eigenvalue weighted by atomic mass is 10.1. The van der Waals surface area contributed by atoms with Crippen LogP contribution in [0, 0.1) is 0 Å². The molecule has 0 atom stereocenters. The van der Waals surface area contributed by atoms with Gasteiger partial charge in [0.05, 0.1) is 12.8 Å². The molecule has 1 aliphatic heterocycles. The predicted molar refractivity (Wildman–Crippen MR) is 135 cm³/mol. The standard InChI is InChI=1S/C26H39N5O2/c1-29(21-22-8-4-3-5-9-22)13-7-15-31-18-16-30(17-19-31)14-6-12-28-26(32)23-10-11-24(27)25(20-23)33-2/h3-5,8-11,20H,6-7,12-19,21,27H2,1-2H3,(H,28,32). The fourth-order valence-electron chi connectivity index (χ4n) is 4.23. The molecule has 0 unspecified atom stereocenters. The van der Waals surface area contributed by atoms with Crippen LogP contribution in [-0.2, 0) is 6.54 Å². The summed E-state index contributed by atoms with van der Waals surface area (Å²) in [6.07, 6.45) is 2.15. The van der Waals surface area contributed by atoms with Crippen LogP contribution in [0.15, 0.2) is 48.5 Å². The van der Waals surface area contributed by atoms with Gasteiger partial charge in [-0.15, -0.1) is 0 Å². The number of nitrogens with zero attached hydrogens (tertiary/aromatic N) is 3. The number of hydrogen-bond acceptors (Lipinski definition) is 6. The Labute approximate surface area is 198 Å². The molecule has 0 aromatic heterocycles. The lowest BCUT2D eigenvalue weighted by Crippen LogP contribution is -2.47. The zero-order valence-corrected chi connectivity index (χ0v) is 20.1. The normalized spacial score (nSPS) is 15.0. The summed E-state index contributed by atoms with van der Waals surface area (Å²) < 4.78 is 5.19. The molecule has 1 aliphatic rings. The molecular formula is C26H39N5O2. The van der Waals surface area contributed by atoms with Crippen LogP contribution in [0.2, 0.25) is 0 Å². The topological polar surface area (TPSA) is 74.1 Å². The second-order valence-corrected chi connectivity index (χ2v) is 8.83. The Hall–Kier alpha value is -2.61. The first-order valence-corrected chi connectivity index (χ1v) is 11.9. The number of amides is 1. The highest BCUT2D eigenvalue weighted by Crippen LogP contribution is 2.22. The van der Waals surface area contributed by atoms with Crippen LogP contribution in [0.1, 0.15) is 28.8 Å². The van der Waals surface area contributed by atoms with Crippen LogP contribution in [0.4, 0.5) is 5.69 Å². The molecule has 0 bridgehead atoms. The second-order valence-electron chi connectivity index (χ2n) is 8.83. The first-order chi connectivity index (χ1) is 16.0. The van der Waals surface area contributed by atoms with Crippen molar-refractivity contribution in [2.75, 3.05) is 72.2 Å². The maximum absolute atomic E-state index is 12.3. The summed E-state index contributed by atoms with van der Waals surface area (Å²) in [5.41, 5.74) is 8.30. The van der Waals surface area contributed by atoms with Crippen LogP contribution in [-0.4, -0.2) is 87.1 Å². The maximum Gasteiger partial charge on any atom is 0.251 e. The fraction of sp³-hybridized carbons (Fsp3) is 0.500. The highest BCUT2D eigenvalue weighted by atomic mass is 16.5. The summed E-state index contributed by atoms with van der Waals surface area (Å²) in [4.78, 5) is 19.8. The lowest BCUT2D eigenvalue weighted by Gasteiger charge is -2.35. The van der Waals surface area contributed by atoms with Crippen LogP contribution in [0.5, 0.6) is 5.75 Å². The minimum absolute atomic E-state index is 0.0876. The number of nitrogens with two attached hydrogens (primary N) is 1. The van der Waals surface area contributed by atoms with E-state index in [1.54, 1.807) is 25.3 Å². The molecular weight excluding hydrogens is 414 g/mol. The number of carbonyl (C=O) groups excluding carboxylic acids is 1. The maximum atomic E-state index is 12.3. The third-order valence-electron chi connectivity index (χ3n) is 6.21. The van der Waals surface area contributed by atoms with Crippen molar-refractivity contribution in [3.8, 4) is 5.75 Å². The van der Waals surface area contributed by atoms with E-state index in [-0.39, 0.29) is 5.91 Å². The van der Waals surface area contributed by atoms with Crippen molar-refractivity contribution in [2.45, 2.75) is 19.4 Å². The summed E-state index contributed by atoms with van der Waals surface area (Å²) in [6.45, 7) is 9.42. The third-order valence-corrected chi connectivity index (χ3v) is 6.21. The molecule has 3 N–H and O–H groups in total. The Balaban J connectivity index is 1.24. The smallest absolute Gasteiger partial charge is 0.251 e. The first-order valence-electron chi connectivity index (χ1n) is 11.9. The Morgan fingerprint density at radius 2 is 1.70 bits per heavy atom. The van der Waals surface area contributed by atoms with E-state index in [9.17, 15) is 4.79 Å². The van der Waals surface area contributed by atoms with Crippen molar-refractivity contribution >= 4 is 11.6 Å². The molecule has 1 heterocycles. The van der Waals surface area contributed by atoms with Crippen molar-refractivity contribution in [1.82, 2.24) is 20.0 Å². The zero-order valence-electron chi connectivity index (χ0n) is 20.1. The molecule has 3 rings (SSSR count). The van der Waals surface area contributed by atoms with Gasteiger partial charge in [-0.3, -0.25) is 4.79 Å². The second kappa shape index (κ2) is 13.2. The summed E-state index contributed by atoms with van der Waals surface area (Å²) >= 11 is 0. The van der Waals surface area contributed by atoms with Crippen molar-refractivity contribution < 1.29 is 9.53 Å². The molecule has 1 fully saturated rings. The molecule has 7 heteroatoms. The van der Waals surface area contributed by atoms with Gasteiger partial charge in [0.2, 0.25) is 0 Å². The predicted octanol–water partition coefficient (Wildman–Crippen LogP) is 2.54. The van der Waals surface area contributed by atoms with Crippen LogP contribution in [0.3, 0.4) is 0 Å². The number of methoxy groups -OCH3 is 1. The Morgan fingerprint density at radius 3 is 2.36 bits per heavy atom. The highest BCUT2D eigenvalue weighted by molar-refractivity contribution is 5.95. The Morgan fingerprint density at radius 1 is 1.03 bits per heavy atom. The minimum atomic E-state index is -0.0876. The number of nitrogen functional groups attached to an aromatic ring is 1. The molecule has 1 saturated heterocycles. The van der Waals surface area contributed by atoms with E-state index < -0.39 is 0 Å². The van der Waals surface area contributed by atoms with Gasteiger partial charge < -0.3 is 30.5 Å². The number of carbonyl (C=O) groups is 1. The average molecular weight is 454 g/mol. The molecule has 2 aromatic rings. The first kappa shape index (κ1) is 25.0. The Bertz CT molecular complexity index is 853. The van der Waals surface area contributed by atoms with Crippen molar-refractivity contribution in [3.63, 3.8) is 0 Å². The molecule has 0 saturated carbocycles. The van der Waals surface area contributed by atoms with Crippen molar-refractivity contribution in [2.24, 2.45) is 0 Å². The molecule has 0 radical (unpaired) electrons. The molecule has 0 aliphatic carbocycles. The summed E-state index contributed by atoms with van der Waals surface area (Å²) in [5.74, 6) is 0.443. The van der Waals surface area contributed by atoms with Gasteiger partial charge in [-0.05, 0) is 63.3 Å². The lowest BCUT2D eigenvalue weighted by molar-refractivity contribution is 0.0947. The van der Waals surface area contributed by atoms with E-state index in [1.165, 1.54) is 12.0 Å². The molecule has 2 aromatic carbocycles. The van der Waals surface area contributed by atoms with E-state index in [1.807, 2.05) is 0 Å². The van der Waals surface area contributed by atoms with Crippen molar-refractivity contribution in [1.29, 1.82) is 0 Å². The van der Waals surface area contributed by atoms with Crippen LogP contribution in [0.25, 0.3) is 0 Å². The van der Waals surface area contributed by atoms with Crippen LogP contribution >= 0.6 is 0 Å². The number of anilines is 1. The quantitative estimate of drug-likeness (QED) is 0.380. The van der Waals surface area contributed by atoms with E-state index in [2.05, 4.69) is 57.4 Å². The molecule has 1 amide bonds. The van der Waals surface area contributed by atoms with Gasteiger partial charge in [-0.25, -0.2) is 0 Å². The zero-order chi connectivity index (χ0) is 23.5. The Kier molecular flexibility index (Phi) is 10.00. The number of benzene rings is 2. The summed E-state index contributed by atoms with van der Waals surface area (Å²) in [6, 6.07) is 15.8. The van der Waals surface area contributed by atoms with E-state index in [0.717, 1.165) is 58.8 Å². The van der Waals surface area contributed by atoms with E-state index in [4.69, 9.17) is 10.5 Å². The summed E-state index contributed by atoms with van der Waals surface area (Å²) in [7, 11) is 3.76. The van der Waals surface area contributed by atoms with Gasteiger partial charge in [0.1, 0.15) is 5.75 Å². The van der Waals surface area contributed by atoms with Crippen LogP contribution < -0.4 is 15.8 Å². The number of nitrogens with one attached hydrogen (secondary N) is 1. The van der Waals surface area contributed by atoms with E-state index >= 15 is 0 Å². The average Bonchev–Trinajstić information content (AvgIpc) is 2.83. The van der Waals surface area contributed by atoms with Gasteiger partial charge in [0.15, 0.2) is 0 Å².